The summed E-state index contributed by atoms with van der Waals surface area (Å²) < 4.78 is 5.13. The molecule has 1 aliphatic rings. The van der Waals surface area contributed by atoms with Crippen LogP contribution in [0.1, 0.15) is 33.6 Å². The van der Waals surface area contributed by atoms with Gasteiger partial charge >= 0.3 is 12.0 Å². The highest BCUT2D eigenvalue weighted by Crippen LogP contribution is 2.23. The second-order valence-corrected chi connectivity index (χ2v) is 5.08. The average molecular weight is 258 g/mol. The molecule has 0 aromatic carbocycles. The van der Waals surface area contributed by atoms with E-state index in [2.05, 4.69) is 5.32 Å². The number of nitrogens with zero attached hydrogens (tertiary/aromatic N) is 1. The van der Waals surface area contributed by atoms with E-state index >= 15 is 0 Å². The molecule has 104 valence electrons. The van der Waals surface area contributed by atoms with Crippen LogP contribution >= 0.6 is 0 Å². The molecule has 1 aliphatic carbocycles. The van der Waals surface area contributed by atoms with Gasteiger partial charge in [-0.15, -0.1) is 0 Å². The Balaban J connectivity index is 2.56. The number of hydrogen-bond acceptors (Lipinski definition) is 3. The monoisotopic (exact) mass is 258 g/mol. The van der Waals surface area contributed by atoms with Crippen LogP contribution in [-0.4, -0.2) is 53.3 Å². The van der Waals surface area contributed by atoms with Crippen LogP contribution in [0.2, 0.25) is 0 Å². The van der Waals surface area contributed by atoms with Crippen molar-refractivity contribution in [3.05, 3.63) is 0 Å². The van der Waals surface area contributed by atoms with Crippen LogP contribution in [0.15, 0.2) is 0 Å². The molecule has 0 saturated heterocycles. The van der Waals surface area contributed by atoms with Gasteiger partial charge in [0.15, 0.2) is 0 Å². The smallest absolute Gasteiger partial charge is 0.329 e. The minimum atomic E-state index is -1.21. The van der Waals surface area contributed by atoms with Crippen molar-refractivity contribution >= 4 is 12.0 Å². The normalized spacial score (nSPS) is 23.1. The third-order valence-corrected chi connectivity index (χ3v) is 3.52. The van der Waals surface area contributed by atoms with Crippen LogP contribution in [0, 0.1) is 0 Å². The number of rotatable bonds is 5. The molecular formula is C12H22N2O4. The molecule has 1 fully saturated rings. The molecule has 6 nitrogen and oxygen atoms in total. The van der Waals surface area contributed by atoms with Gasteiger partial charge in [-0.3, -0.25) is 0 Å². The standard InChI is InChI=1S/C12H22N2O4/c1-5-14(12(2,3)10(15)16)11(17)13-8-6-9(7-8)18-4/h8-9H,5-7H2,1-4H3,(H,13,17)(H,15,16). The first kappa shape index (κ1) is 14.8. The third kappa shape index (κ3) is 2.93. The van der Waals surface area contributed by atoms with Crippen molar-refractivity contribution < 1.29 is 19.4 Å². The van der Waals surface area contributed by atoms with Gasteiger partial charge in [-0.2, -0.15) is 0 Å². The fourth-order valence-electron chi connectivity index (χ4n) is 2.04. The van der Waals surface area contributed by atoms with Gasteiger partial charge < -0.3 is 20.1 Å². The highest BCUT2D eigenvalue weighted by atomic mass is 16.5. The Hall–Kier alpha value is -1.30. The predicted octanol–water partition coefficient (Wildman–Crippen LogP) is 1.06. The number of carboxylic acid groups (broad SMARTS) is 1. The molecule has 0 unspecified atom stereocenters. The highest BCUT2D eigenvalue weighted by Gasteiger charge is 2.39. The number of ether oxygens (including phenoxy) is 1. The number of urea groups is 1. The number of carbonyl (C=O) groups excluding carboxylic acids is 1. The maximum Gasteiger partial charge on any atom is 0.329 e. The van der Waals surface area contributed by atoms with Crippen LogP contribution in [0.4, 0.5) is 4.79 Å². The van der Waals surface area contributed by atoms with Crippen molar-refractivity contribution in [2.75, 3.05) is 13.7 Å². The predicted molar refractivity (Wildman–Crippen MR) is 66.4 cm³/mol. The average Bonchev–Trinajstić information content (AvgIpc) is 2.23. The number of methoxy groups -OCH3 is 1. The number of amides is 2. The quantitative estimate of drug-likeness (QED) is 0.772. The second-order valence-electron chi connectivity index (χ2n) is 5.08. The van der Waals surface area contributed by atoms with E-state index in [1.807, 2.05) is 0 Å². The molecule has 0 radical (unpaired) electrons. The molecule has 0 aliphatic heterocycles. The Bertz CT molecular complexity index is 324. The van der Waals surface area contributed by atoms with Crippen LogP contribution in [0.25, 0.3) is 0 Å². The van der Waals surface area contributed by atoms with Crippen LogP contribution in [0.3, 0.4) is 0 Å². The number of nitrogens with one attached hydrogen (secondary N) is 1. The van der Waals surface area contributed by atoms with E-state index in [-0.39, 0.29) is 18.2 Å². The van der Waals surface area contributed by atoms with E-state index in [1.54, 1.807) is 14.0 Å². The molecule has 2 amide bonds. The number of likely N-dealkylation sites (N-methyl/N-ethyl adjacent to an activating group) is 1. The molecule has 0 heterocycles. The number of carboxylic acids is 1. The molecule has 6 heteroatoms. The van der Waals surface area contributed by atoms with E-state index in [1.165, 1.54) is 18.7 Å². The summed E-state index contributed by atoms with van der Waals surface area (Å²) >= 11 is 0. The van der Waals surface area contributed by atoms with Crippen LogP contribution in [-0.2, 0) is 9.53 Å². The van der Waals surface area contributed by atoms with Gasteiger partial charge in [0.1, 0.15) is 5.54 Å². The van der Waals surface area contributed by atoms with Crippen molar-refractivity contribution in [2.24, 2.45) is 0 Å². The van der Waals surface area contributed by atoms with E-state index in [0.29, 0.717) is 6.54 Å². The molecule has 0 bridgehead atoms. The largest absolute Gasteiger partial charge is 0.480 e. The summed E-state index contributed by atoms with van der Waals surface area (Å²) in [5, 5.41) is 12.0. The lowest BCUT2D eigenvalue weighted by Crippen LogP contribution is -2.59. The number of carbonyl (C=O) groups is 2. The Morgan fingerprint density at radius 1 is 1.44 bits per heavy atom. The van der Waals surface area contributed by atoms with Crippen molar-refractivity contribution in [2.45, 2.75) is 51.3 Å². The first-order valence-corrected chi connectivity index (χ1v) is 6.17. The molecule has 1 rings (SSSR count). The molecule has 1 saturated carbocycles. The van der Waals surface area contributed by atoms with Crippen molar-refractivity contribution in [3.63, 3.8) is 0 Å². The van der Waals surface area contributed by atoms with Crippen molar-refractivity contribution in [1.82, 2.24) is 10.2 Å². The summed E-state index contributed by atoms with van der Waals surface area (Å²) in [6, 6.07) is -0.245. The summed E-state index contributed by atoms with van der Waals surface area (Å²) in [6.45, 7) is 5.17. The van der Waals surface area contributed by atoms with Gasteiger partial charge in [-0.25, -0.2) is 9.59 Å². The van der Waals surface area contributed by atoms with E-state index in [9.17, 15) is 9.59 Å². The first-order chi connectivity index (χ1) is 8.32. The second kappa shape index (κ2) is 5.56. The Kier molecular flexibility index (Phi) is 4.56. The number of hydrogen-bond donors (Lipinski definition) is 2. The SMILES string of the molecule is CCN(C(=O)NC1CC(OC)C1)C(C)(C)C(=O)O. The zero-order chi connectivity index (χ0) is 13.9. The lowest BCUT2D eigenvalue weighted by atomic mass is 9.89. The fourth-order valence-corrected chi connectivity index (χ4v) is 2.04. The van der Waals surface area contributed by atoms with Crippen molar-refractivity contribution in [1.29, 1.82) is 0 Å². The summed E-state index contributed by atoms with van der Waals surface area (Å²) in [6.07, 6.45) is 1.78. The van der Waals surface area contributed by atoms with Gasteiger partial charge in [0.25, 0.3) is 0 Å². The maximum atomic E-state index is 12.0. The lowest BCUT2D eigenvalue weighted by molar-refractivity contribution is -0.147. The minimum absolute atomic E-state index is 0.0843. The van der Waals surface area contributed by atoms with Crippen LogP contribution < -0.4 is 5.32 Å². The third-order valence-electron chi connectivity index (χ3n) is 3.52. The number of aliphatic carboxylic acids is 1. The molecule has 0 aromatic heterocycles. The van der Waals surface area contributed by atoms with Crippen molar-refractivity contribution in [3.8, 4) is 0 Å². The van der Waals surface area contributed by atoms with E-state index < -0.39 is 11.5 Å². The van der Waals surface area contributed by atoms with Crippen LogP contribution in [0.5, 0.6) is 0 Å². The zero-order valence-corrected chi connectivity index (χ0v) is 11.4. The Morgan fingerprint density at radius 2 is 2.00 bits per heavy atom. The van der Waals surface area contributed by atoms with Gasteiger partial charge in [0.2, 0.25) is 0 Å². The minimum Gasteiger partial charge on any atom is -0.480 e. The van der Waals surface area contributed by atoms with E-state index in [0.717, 1.165) is 12.8 Å². The lowest BCUT2D eigenvalue weighted by Gasteiger charge is -2.39. The highest BCUT2D eigenvalue weighted by molar-refractivity contribution is 5.85. The van der Waals surface area contributed by atoms with Gasteiger partial charge in [-0.1, -0.05) is 0 Å². The van der Waals surface area contributed by atoms with E-state index in [4.69, 9.17) is 9.84 Å². The summed E-state index contributed by atoms with van der Waals surface area (Å²) in [7, 11) is 1.65. The molecule has 0 aromatic rings. The topological polar surface area (TPSA) is 78.9 Å². The van der Waals surface area contributed by atoms with Gasteiger partial charge in [-0.05, 0) is 33.6 Å². The molecule has 18 heavy (non-hydrogen) atoms. The summed E-state index contributed by atoms with van der Waals surface area (Å²) in [4.78, 5) is 24.5. The summed E-state index contributed by atoms with van der Waals surface area (Å²) in [5.41, 5.74) is -1.21. The summed E-state index contributed by atoms with van der Waals surface area (Å²) in [5.74, 6) is -1.01. The molecular weight excluding hydrogens is 236 g/mol. The zero-order valence-electron chi connectivity index (χ0n) is 11.4. The Labute approximate surface area is 107 Å². The van der Waals surface area contributed by atoms with Gasteiger partial charge in [0, 0.05) is 19.7 Å². The molecule has 0 atom stereocenters. The Morgan fingerprint density at radius 3 is 2.39 bits per heavy atom. The molecule has 2 N–H and O–H groups in total. The maximum absolute atomic E-state index is 12.0. The van der Waals surface area contributed by atoms with Gasteiger partial charge in [0.05, 0.1) is 6.10 Å². The molecule has 0 spiro atoms. The fraction of sp³-hybridized carbons (Fsp3) is 0.833. The first-order valence-electron chi connectivity index (χ1n) is 6.17.